The maximum atomic E-state index is 14.0. The lowest BCUT2D eigenvalue weighted by molar-refractivity contribution is 0.0693. The summed E-state index contributed by atoms with van der Waals surface area (Å²) in [6.07, 6.45) is 0.537. The topological polar surface area (TPSA) is 144 Å². The number of hydrogen-bond acceptors (Lipinski definition) is 8. The van der Waals surface area contributed by atoms with Crippen LogP contribution in [-0.4, -0.2) is 76.0 Å². The average molecular weight is 489 g/mol. The van der Waals surface area contributed by atoms with Gasteiger partial charge in [0.1, 0.15) is 23.2 Å². The quantitative estimate of drug-likeness (QED) is 0.269. The van der Waals surface area contributed by atoms with Crippen molar-refractivity contribution in [3.63, 3.8) is 0 Å². The summed E-state index contributed by atoms with van der Waals surface area (Å²) in [7, 11) is 0. The minimum Gasteiger partial charge on any atom is -0.477 e. The first-order chi connectivity index (χ1) is 15.8. The monoisotopic (exact) mass is 488 g/mol. The Bertz CT molecular complexity index is 953. The number of nitrogens with one attached hydrogen (secondary N) is 2. The third kappa shape index (κ3) is 7.89. The standard InChI is InChI=1S/C20H26F2N4O6S/c1-12-9-15(22)13(10-14(12)21)11-32-17-16(19(29)30)18(33-25-17)24-20(31)23-3-2-4-26(5-7-27)6-8-28/h9-10,27-28H,2-8,11H2,1H3,(H,29,30)(H2,23,24,31). The van der Waals surface area contributed by atoms with Crippen molar-refractivity contribution in [1.82, 2.24) is 14.6 Å². The summed E-state index contributed by atoms with van der Waals surface area (Å²) >= 11 is 0.676. The van der Waals surface area contributed by atoms with Crippen molar-refractivity contribution in [3.8, 4) is 5.88 Å². The molecular weight excluding hydrogens is 462 g/mol. The zero-order valence-electron chi connectivity index (χ0n) is 17.9. The molecule has 0 bridgehead atoms. The molecule has 33 heavy (non-hydrogen) atoms. The summed E-state index contributed by atoms with van der Waals surface area (Å²) < 4.78 is 36.8. The van der Waals surface area contributed by atoms with Crippen molar-refractivity contribution in [2.45, 2.75) is 20.0 Å². The van der Waals surface area contributed by atoms with Crippen LogP contribution in [0, 0.1) is 18.6 Å². The number of carbonyl (C=O) groups is 2. The zero-order valence-corrected chi connectivity index (χ0v) is 18.8. The normalized spacial score (nSPS) is 11.0. The summed E-state index contributed by atoms with van der Waals surface area (Å²) in [5.74, 6) is -3.06. The molecule has 0 unspecified atom stereocenters. The first-order valence-electron chi connectivity index (χ1n) is 10.1. The van der Waals surface area contributed by atoms with E-state index >= 15 is 0 Å². The number of urea groups is 1. The number of carboxylic acid groups (broad SMARTS) is 1. The Morgan fingerprint density at radius 3 is 2.48 bits per heavy atom. The van der Waals surface area contributed by atoms with Gasteiger partial charge in [-0.2, -0.15) is 4.37 Å². The van der Waals surface area contributed by atoms with E-state index in [-0.39, 0.29) is 41.8 Å². The largest absolute Gasteiger partial charge is 0.477 e. The number of aromatic nitrogens is 1. The number of nitrogens with zero attached hydrogens (tertiary/aromatic N) is 2. The molecule has 2 aromatic rings. The van der Waals surface area contributed by atoms with Gasteiger partial charge in [-0.05, 0) is 49.1 Å². The number of rotatable bonds is 13. The number of aromatic carboxylic acids is 1. The maximum absolute atomic E-state index is 14.0. The van der Waals surface area contributed by atoms with Gasteiger partial charge in [0.15, 0.2) is 5.56 Å². The Labute approximate surface area is 193 Å². The van der Waals surface area contributed by atoms with E-state index in [9.17, 15) is 23.5 Å². The lowest BCUT2D eigenvalue weighted by atomic mass is 10.1. The summed E-state index contributed by atoms with van der Waals surface area (Å²) in [4.78, 5) is 25.6. The second-order valence-electron chi connectivity index (χ2n) is 7.00. The molecule has 1 aromatic heterocycles. The number of aliphatic hydroxyl groups is 2. The van der Waals surface area contributed by atoms with Crippen LogP contribution >= 0.6 is 11.5 Å². The number of anilines is 1. The number of hydrogen-bond donors (Lipinski definition) is 5. The van der Waals surface area contributed by atoms with Crippen molar-refractivity contribution < 1.29 is 38.4 Å². The number of carboxylic acids is 1. The first-order valence-corrected chi connectivity index (χ1v) is 10.8. The molecule has 0 fully saturated rings. The van der Waals surface area contributed by atoms with Gasteiger partial charge in [0.2, 0.25) is 5.88 Å². The third-order valence-corrected chi connectivity index (χ3v) is 5.31. The van der Waals surface area contributed by atoms with E-state index < -0.39 is 35.8 Å². The molecule has 5 N–H and O–H groups in total. The van der Waals surface area contributed by atoms with E-state index in [2.05, 4.69) is 15.0 Å². The number of benzene rings is 1. The highest BCUT2D eigenvalue weighted by Gasteiger charge is 2.24. The second kappa shape index (κ2) is 13.0. The van der Waals surface area contributed by atoms with Crippen LogP contribution in [0.1, 0.15) is 27.9 Å². The average Bonchev–Trinajstić information content (AvgIpc) is 3.15. The van der Waals surface area contributed by atoms with Crippen LogP contribution in [0.15, 0.2) is 12.1 Å². The minimum absolute atomic E-state index is 0.0485. The Morgan fingerprint density at radius 2 is 1.85 bits per heavy atom. The van der Waals surface area contributed by atoms with Crippen molar-refractivity contribution in [3.05, 3.63) is 40.5 Å². The lowest BCUT2D eigenvalue weighted by Gasteiger charge is -2.19. The van der Waals surface area contributed by atoms with Crippen LogP contribution in [0.2, 0.25) is 0 Å². The number of amides is 2. The highest BCUT2D eigenvalue weighted by atomic mass is 32.1. The fraction of sp³-hybridized carbons (Fsp3) is 0.450. The number of halogens is 2. The summed E-state index contributed by atoms with van der Waals surface area (Å²) in [5.41, 5.74) is -0.380. The van der Waals surface area contributed by atoms with Crippen LogP contribution in [0.5, 0.6) is 5.88 Å². The van der Waals surface area contributed by atoms with Gasteiger partial charge >= 0.3 is 12.0 Å². The van der Waals surface area contributed by atoms with Crippen molar-refractivity contribution >= 4 is 28.5 Å². The molecule has 0 spiro atoms. The maximum Gasteiger partial charge on any atom is 0.344 e. The van der Waals surface area contributed by atoms with Crippen LogP contribution in [0.25, 0.3) is 0 Å². The fourth-order valence-corrected chi connectivity index (χ4v) is 3.58. The van der Waals surface area contributed by atoms with E-state index in [1.807, 2.05) is 4.90 Å². The molecule has 13 heteroatoms. The molecule has 2 amide bonds. The molecule has 0 radical (unpaired) electrons. The predicted molar refractivity (Wildman–Crippen MR) is 117 cm³/mol. The predicted octanol–water partition coefficient (Wildman–Crippen LogP) is 1.81. The molecule has 0 saturated carbocycles. The number of aryl methyl sites for hydroxylation is 1. The van der Waals surface area contributed by atoms with Gasteiger partial charge in [-0.1, -0.05) is 0 Å². The number of carbonyl (C=O) groups excluding carboxylic acids is 1. The Kier molecular flexibility index (Phi) is 10.4. The van der Waals surface area contributed by atoms with E-state index in [1.54, 1.807) is 0 Å². The molecule has 0 aliphatic carbocycles. The van der Waals surface area contributed by atoms with Gasteiger partial charge in [0.25, 0.3) is 0 Å². The van der Waals surface area contributed by atoms with E-state index in [0.29, 0.717) is 37.6 Å². The molecule has 0 aliphatic heterocycles. The van der Waals surface area contributed by atoms with Crippen molar-refractivity contribution in [1.29, 1.82) is 0 Å². The second-order valence-corrected chi connectivity index (χ2v) is 7.78. The van der Waals surface area contributed by atoms with Gasteiger partial charge in [-0.3, -0.25) is 10.2 Å². The van der Waals surface area contributed by atoms with Crippen LogP contribution in [0.4, 0.5) is 18.6 Å². The summed E-state index contributed by atoms with van der Waals surface area (Å²) in [6, 6.07) is 1.32. The minimum atomic E-state index is -1.41. The van der Waals surface area contributed by atoms with Crippen molar-refractivity contribution in [2.75, 3.05) is 44.7 Å². The van der Waals surface area contributed by atoms with E-state index in [1.165, 1.54) is 6.92 Å². The highest BCUT2D eigenvalue weighted by Crippen LogP contribution is 2.31. The molecule has 2 rings (SSSR count). The van der Waals surface area contributed by atoms with Gasteiger partial charge in [-0.25, -0.2) is 18.4 Å². The van der Waals surface area contributed by atoms with Gasteiger partial charge < -0.3 is 25.4 Å². The van der Waals surface area contributed by atoms with E-state index in [4.69, 9.17) is 14.9 Å². The van der Waals surface area contributed by atoms with E-state index in [0.717, 1.165) is 12.1 Å². The van der Waals surface area contributed by atoms with Crippen LogP contribution in [0.3, 0.4) is 0 Å². The van der Waals surface area contributed by atoms with Crippen LogP contribution in [-0.2, 0) is 6.61 Å². The first kappa shape index (κ1) is 26.4. The molecule has 10 nitrogen and oxygen atoms in total. The fourth-order valence-electron chi connectivity index (χ4n) is 2.86. The van der Waals surface area contributed by atoms with Gasteiger partial charge in [-0.15, -0.1) is 0 Å². The molecular formula is C20H26F2N4O6S. The van der Waals surface area contributed by atoms with Crippen LogP contribution < -0.4 is 15.4 Å². The lowest BCUT2D eigenvalue weighted by Crippen LogP contribution is -2.34. The molecule has 0 atom stereocenters. The third-order valence-electron chi connectivity index (χ3n) is 4.56. The Balaban J connectivity index is 1.94. The number of aliphatic hydroxyl groups excluding tert-OH is 2. The summed E-state index contributed by atoms with van der Waals surface area (Å²) in [5, 5.41) is 32.4. The molecule has 1 heterocycles. The summed E-state index contributed by atoms with van der Waals surface area (Å²) in [6.45, 7) is 2.47. The molecule has 0 aliphatic rings. The molecule has 182 valence electrons. The van der Waals surface area contributed by atoms with Gasteiger partial charge in [0, 0.05) is 25.2 Å². The molecule has 1 aromatic carbocycles. The number of ether oxygens (including phenoxy) is 1. The Morgan fingerprint density at radius 1 is 1.15 bits per heavy atom. The zero-order chi connectivity index (χ0) is 24.4. The SMILES string of the molecule is Cc1cc(F)c(COc2nsc(NC(=O)NCCCN(CCO)CCO)c2C(=O)O)cc1F. The Hall–Kier alpha value is -2.87. The van der Waals surface area contributed by atoms with Gasteiger partial charge in [0.05, 0.1) is 13.2 Å². The van der Waals surface area contributed by atoms with Crippen molar-refractivity contribution in [2.24, 2.45) is 0 Å². The smallest absolute Gasteiger partial charge is 0.344 e. The molecule has 0 saturated heterocycles. The highest BCUT2D eigenvalue weighted by molar-refractivity contribution is 7.11.